The number of nitrogens with one attached hydrogen (secondary N) is 2. The van der Waals surface area contributed by atoms with Gasteiger partial charge >= 0.3 is 0 Å². The Bertz CT molecular complexity index is 449. The molecule has 0 aromatic carbocycles. The van der Waals surface area contributed by atoms with Crippen molar-refractivity contribution in [2.24, 2.45) is 0 Å². The molecule has 1 aromatic heterocycles. The molecule has 1 aliphatic rings. The van der Waals surface area contributed by atoms with Gasteiger partial charge in [-0.1, -0.05) is 6.07 Å². The van der Waals surface area contributed by atoms with Crippen LogP contribution in [0.1, 0.15) is 31.9 Å². The maximum atomic E-state index is 11.1. The van der Waals surface area contributed by atoms with Crippen LogP contribution in [-0.2, 0) is 4.79 Å². The molecule has 1 amide bonds. The highest BCUT2D eigenvalue weighted by Crippen LogP contribution is 2.26. The molecule has 0 saturated carbocycles. The van der Waals surface area contributed by atoms with Gasteiger partial charge in [0.15, 0.2) is 0 Å². The van der Waals surface area contributed by atoms with Gasteiger partial charge in [-0.2, -0.15) is 0 Å². The summed E-state index contributed by atoms with van der Waals surface area (Å²) in [5.41, 5.74) is 1.20. The largest absolute Gasteiger partial charge is 0.354 e. The second-order valence-corrected chi connectivity index (χ2v) is 5.06. The highest BCUT2D eigenvalue weighted by molar-refractivity contribution is 5.73. The monoisotopic (exact) mass is 262 g/mol. The lowest BCUT2D eigenvalue weighted by molar-refractivity contribution is -0.119. The van der Waals surface area contributed by atoms with Crippen molar-refractivity contribution in [1.29, 1.82) is 0 Å². The van der Waals surface area contributed by atoms with E-state index < -0.39 is 0 Å². The molecule has 0 spiro atoms. The fourth-order valence-corrected chi connectivity index (χ4v) is 2.53. The van der Waals surface area contributed by atoms with Crippen molar-refractivity contribution in [3.8, 4) is 0 Å². The number of amides is 1. The van der Waals surface area contributed by atoms with Crippen molar-refractivity contribution in [3.63, 3.8) is 0 Å². The number of carbonyl (C=O) groups excluding carboxylic acids is 1. The standard InChI is InChI=1S/C14H22N4O/c1-10(15-3)13-5-4-7-16-14(13)18-8-6-12(9-18)17-11(2)19/h4-5,7,10,12,15H,6,8-9H2,1-3H3,(H,17,19). The Hall–Kier alpha value is -1.62. The van der Waals surface area contributed by atoms with Crippen LogP contribution in [0.2, 0.25) is 0 Å². The third-order valence-corrected chi connectivity index (χ3v) is 3.61. The molecular formula is C14H22N4O. The average molecular weight is 262 g/mol. The van der Waals surface area contributed by atoms with Gasteiger partial charge in [-0.15, -0.1) is 0 Å². The smallest absolute Gasteiger partial charge is 0.217 e. The SMILES string of the molecule is CNC(C)c1cccnc1N1CCC(NC(C)=O)C1. The number of pyridine rings is 1. The van der Waals surface area contributed by atoms with Crippen LogP contribution in [0.15, 0.2) is 18.3 Å². The Kier molecular flexibility index (Phi) is 4.37. The molecule has 0 bridgehead atoms. The molecule has 0 aliphatic carbocycles. The molecule has 2 atom stereocenters. The fourth-order valence-electron chi connectivity index (χ4n) is 2.53. The quantitative estimate of drug-likeness (QED) is 0.852. The van der Waals surface area contributed by atoms with Crippen LogP contribution in [0.3, 0.4) is 0 Å². The maximum absolute atomic E-state index is 11.1. The van der Waals surface area contributed by atoms with Crippen molar-refractivity contribution in [3.05, 3.63) is 23.9 Å². The summed E-state index contributed by atoms with van der Waals surface area (Å²) in [7, 11) is 1.95. The summed E-state index contributed by atoms with van der Waals surface area (Å²) in [4.78, 5) is 17.9. The fraction of sp³-hybridized carbons (Fsp3) is 0.571. The second kappa shape index (κ2) is 6.02. The Labute approximate surface area is 114 Å². The number of rotatable bonds is 4. The second-order valence-electron chi connectivity index (χ2n) is 5.06. The first-order valence-corrected chi connectivity index (χ1v) is 6.76. The lowest BCUT2D eigenvalue weighted by Crippen LogP contribution is -2.36. The van der Waals surface area contributed by atoms with E-state index in [0.29, 0.717) is 0 Å². The zero-order chi connectivity index (χ0) is 13.8. The topological polar surface area (TPSA) is 57.3 Å². The van der Waals surface area contributed by atoms with E-state index in [1.807, 2.05) is 19.3 Å². The molecule has 1 aromatic rings. The summed E-state index contributed by atoms with van der Waals surface area (Å²) in [6, 6.07) is 4.57. The molecular weight excluding hydrogens is 240 g/mol. The van der Waals surface area contributed by atoms with E-state index in [1.165, 1.54) is 5.56 Å². The van der Waals surface area contributed by atoms with Gasteiger partial charge < -0.3 is 15.5 Å². The highest BCUT2D eigenvalue weighted by Gasteiger charge is 2.26. The van der Waals surface area contributed by atoms with E-state index in [4.69, 9.17) is 0 Å². The molecule has 1 fully saturated rings. The minimum absolute atomic E-state index is 0.0386. The van der Waals surface area contributed by atoms with Crippen LogP contribution in [0.5, 0.6) is 0 Å². The number of aromatic nitrogens is 1. The lowest BCUT2D eigenvalue weighted by Gasteiger charge is -2.23. The third-order valence-electron chi connectivity index (χ3n) is 3.61. The number of anilines is 1. The summed E-state index contributed by atoms with van der Waals surface area (Å²) >= 11 is 0. The van der Waals surface area contributed by atoms with Gasteiger partial charge in [0, 0.05) is 43.9 Å². The summed E-state index contributed by atoms with van der Waals surface area (Å²) < 4.78 is 0. The average Bonchev–Trinajstić information content (AvgIpc) is 2.85. The van der Waals surface area contributed by atoms with Gasteiger partial charge in [-0.25, -0.2) is 4.98 Å². The van der Waals surface area contributed by atoms with Crippen molar-refractivity contribution in [1.82, 2.24) is 15.6 Å². The van der Waals surface area contributed by atoms with Crippen LogP contribution in [0, 0.1) is 0 Å². The summed E-state index contributed by atoms with van der Waals surface area (Å²) in [5, 5.41) is 6.23. The molecule has 0 radical (unpaired) electrons. The Morgan fingerprint density at radius 3 is 3.05 bits per heavy atom. The van der Waals surface area contributed by atoms with Crippen LogP contribution < -0.4 is 15.5 Å². The van der Waals surface area contributed by atoms with Gasteiger partial charge in [0.2, 0.25) is 5.91 Å². The van der Waals surface area contributed by atoms with Gasteiger partial charge in [0.25, 0.3) is 0 Å². The predicted octanol–water partition coefficient (Wildman–Crippen LogP) is 1.08. The first kappa shape index (κ1) is 13.8. The molecule has 1 saturated heterocycles. The number of carbonyl (C=O) groups is 1. The van der Waals surface area contributed by atoms with E-state index >= 15 is 0 Å². The van der Waals surface area contributed by atoms with Crippen molar-refractivity contribution >= 4 is 11.7 Å². The zero-order valence-corrected chi connectivity index (χ0v) is 11.8. The molecule has 104 valence electrons. The van der Waals surface area contributed by atoms with Gasteiger partial charge in [0.05, 0.1) is 0 Å². The van der Waals surface area contributed by atoms with E-state index in [2.05, 4.69) is 33.5 Å². The minimum Gasteiger partial charge on any atom is -0.354 e. The van der Waals surface area contributed by atoms with Gasteiger partial charge in [0.1, 0.15) is 5.82 Å². The Morgan fingerprint density at radius 2 is 2.37 bits per heavy atom. The highest BCUT2D eigenvalue weighted by atomic mass is 16.1. The molecule has 2 heterocycles. The Balaban J connectivity index is 2.13. The lowest BCUT2D eigenvalue weighted by atomic mass is 10.1. The molecule has 5 nitrogen and oxygen atoms in total. The van der Waals surface area contributed by atoms with E-state index in [1.54, 1.807) is 6.92 Å². The van der Waals surface area contributed by atoms with Crippen LogP contribution in [0.4, 0.5) is 5.82 Å². The van der Waals surface area contributed by atoms with Gasteiger partial charge in [-0.05, 0) is 26.5 Å². The molecule has 19 heavy (non-hydrogen) atoms. The van der Waals surface area contributed by atoms with Crippen LogP contribution in [-0.4, -0.2) is 37.1 Å². The van der Waals surface area contributed by atoms with Crippen LogP contribution in [0.25, 0.3) is 0 Å². The molecule has 1 aliphatic heterocycles. The van der Waals surface area contributed by atoms with E-state index in [9.17, 15) is 4.79 Å². The minimum atomic E-state index is 0.0386. The van der Waals surface area contributed by atoms with Crippen molar-refractivity contribution in [2.75, 3.05) is 25.0 Å². The summed E-state index contributed by atoms with van der Waals surface area (Å²) in [6.07, 6.45) is 2.80. The molecule has 2 N–H and O–H groups in total. The third kappa shape index (κ3) is 3.23. The van der Waals surface area contributed by atoms with E-state index in [0.717, 1.165) is 25.3 Å². The zero-order valence-electron chi connectivity index (χ0n) is 11.8. The molecule has 5 heteroatoms. The first-order valence-electron chi connectivity index (χ1n) is 6.76. The van der Waals surface area contributed by atoms with Crippen molar-refractivity contribution in [2.45, 2.75) is 32.4 Å². The summed E-state index contributed by atoms with van der Waals surface area (Å²) in [5.74, 6) is 1.06. The molecule has 2 rings (SSSR count). The normalized spacial score (nSPS) is 20.4. The van der Waals surface area contributed by atoms with Gasteiger partial charge in [-0.3, -0.25) is 4.79 Å². The van der Waals surface area contributed by atoms with Crippen LogP contribution >= 0.6 is 0 Å². The summed E-state index contributed by atoms with van der Waals surface area (Å²) in [6.45, 7) is 5.46. The van der Waals surface area contributed by atoms with E-state index in [-0.39, 0.29) is 18.0 Å². The Morgan fingerprint density at radius 1 is 1.58 bits per heavy atom. The number of hydrogen-bond acceptors (Lipinski definition) is 4. The maximum Gasteiger partial charge on any atom is 0.217 e. The van der Waals surface area contributed by atoms with Crippen molar-refractivity contribution < 1.29 is 4.79 Å². The predicted molar refractivity (Wildman–Crippen MR) is 76.1 cm³/mol. The number of nitrogens with zero attached hydrogens (tertiary/aromatic N) is 2. The number of hydrogen-bond donors (Lipinski definition) is 2. The molecule has 2 unspecified atom stereocenters. The first-order chi connectivity index (χ1) is 9.11.